The van der Waals surface area contributed by atoms with Gasteiger partial charge in [0.25, 0.3) is 0 Å². The minimum absolute atomic E-state index is 0.0486. The summed E-state index contributed by atoms with van der Waals surface area (Å²) in [4.78, 5) is 4.29. The lowest BCUT2D eigenvalue weighted by molar-refractivity contribution is 0.280. The summed E-state index contributed by atoms with van der Waals surface area (Å²) in [5.41, 5.74) is 2.83. The third-order valence-corrected chi connectivity index (χ3v) is 2.89. The molecule has 0 saturated heterocycles. The van der Waals surface area contributed by atoms with E-state index < -0.39 is 0 Å². The highest BCUT2D eigenvalue weighted by molar-refractivity contribution is 5.43. The van der Waals surface area contributed by atoms with Crippen LogP contribution in [0.2, 0.25) is 0 Å². The Morgan fingerprint density at radius 2 is 2.00 bits per heavy atom. The van der Waals surface area contributed by atoms with E-state index in [0.717, 1.165) is 35.7 Å². The van der Waals surface area contributed by atoms with E-state index in [2.05, 4.69) is 17.2 Å². The second kappa shape index (κ2) is 7.50. The zero-order valence-corrected chi connectivity index (χ0v) is 11.7. The number of benzene rings is 1. The summed E-state index contributed by atoms with van der Waals surface area (Å²) in [5.74, 6) is 0.774. The molecule has 20 heavy (non-hydrogen) atoms. The molecule has 0 bridgehead atoms. The van der Waals surface area contributed by atoms with Crippen molar-refractivity contribution in [1.82, 2.24) is 4.98 Å². The smallest absolute Gasteiger partial charge is 0.130 e. The maximum absolute atomic E-state index is 8.98. The van der Waals surface area contributed by atoms with Gasteiger partial charge in [-0.2, -0.15) is 0 Å². The first-order valence-electron chi connectivity index (χ1n) is 6.83. The van der Waals surface area contributed by atoms with Gasteiger partial charge in [-0.3, -0.25) is 4.98 Å². The summed E-state index contributed by atoms with van der Waals surface area (Å²) in [5, 5.41) is 12.3. The number of aromatic nitrogens is 1. The zero-order valence-electron chi connectivity index (χ0n) is 11.7. The van der Waals surface area contributed by atoms with Gasteiger partial charge in [-0.15, -0.1) is 0 Å². The molecule has 2 N–H and O–H groups in total. The molecule has 2 aromatic rings. The molecule has 4 nitrogen and oxygen atoms in total. The van der Waals surface area contributed by atoms with E-state index in [9.17, 15) is 0 Å². The highest BCUT2D eigenvalue weighted by Crippen LogP contribution is 2.15. The zero-order chi connectivity index (χ0) is 14.2. The Kier molecular flexibility index (Phi) is 5.38. The Morgan fingerprint density at radius 1 is 1.20 bits per heavy atom. The van der Waals surface area contributed by atoms with Crippen LogP contribution in [0.4, 0.5) is 5.69 Å². The van der Waals surface area contributed by atoms with Gasteiger partial charge in [0.05, 0.1) is 12.3 Å². The molecule has 2 rings (SSSR count). The SMILES string of the molecule is CCCNc1ccnc(COc2ccc(CO)cc2)c1. The number of ether oxygens (including phenoxy) is 1. The molecule has 0 saturated carbocycles. The largest absolute Gasteiger partial charge is 0.487 e. The Labute approximate surface area is 119 Å². The van der Waals surface area contributed by atoms with Crippen LogP contribution in [0, 0.1) is 0 Å². The average molecular weight is 272 g/mol. The Balaban J connectivity index is 1.92. The Bertz CT molecular complexity index is 526. The first-order chi connectivity index (χ1) is 9.81. The van der Waals surface area contributed by atoms with Crippen LogP contribution in [0.25, 0.3) is 0 Å². The van der Waals surface area contributed by atoms with Crippen LogP contribution in [0.5, 0.6) is 5.75 Å². The maximum atomic E-state index is 8.98. The van der Waals surface area contributed by atoms with Crippen molar-refractivity contribution in [2.75, 3.05) is 11.9 Å². The second-order valence-corrected chi connectivity index (χ2v) is 4.55. The van der Waals surface area contributed by atoms with Gasteiger partial charge in [0.2, 0.25) is 0 Å². The Hall–Kier alpha value is -2.07. The minimum atomic E-state index is 0.0486. The quantitative estimate of drug-likeness (QED) is 0.813. The summed E-state index contributed by atoms with van der Waals surface area (Å²) < 4.78 is 5.68. The predicted octanol–water partition coefficient (Wildman–Crippen LogP) is 2.97. The monoisotopic (exact) mass is 272 g/mol. The van der Waals surface area contributed by atoms with Crippen molar-refractivity contribution >= 4 is 5.69 Å². The lowest BCUT2D eigenvalue weighted by Crippen LogP contribution is -2.03. The van der Waals surface area contributed by atoms with E-state index in [-0.39, 0.29) is 6.61 Å². The van der Waals surface area contributed by atoms with Gasteiger partial charge >= 0.3 is 0 Å². The molecule has 1 heterocycles. The van der Waals surface area contributed by atoms with E-state index in [1.807, 2.05) is 36.4 Å². The number of aliphatic hydroxyl groups is 1. The topological polar surface area (TPSA) is 54.4 Å². The summed E-state index contributed by atoms with van der Waals surface area (Å²) in [6, 6.07) is 11.4. The summed E-state index contributed by atoms with van der Waals surface area (Å²) >= 11 is 0. The van der Waals surface area contributed by atoms with Gasteiger partial charge in [0, 0.05) is 18.4 Å². The normalized spacial score (nSPS) is 10.3. The van der Waals surface area contributed by atoms with Crippen LogP contribution >= 0.6 is 0 Å². The van der Waals surface area contributed by atoms with Crippen LogP contribution in [0.15, 0.2) is 42.6 Å². The molecule has 0 unspecified atom stereocenters. The van der Waals surface area contributed by atoms with Crippen molar-refractivity contribution < 1.29 is 9.84 Å². The van der Waals surface area contributed by atoms with Crippen molar-refractivity contribution in [3.63, 3.8) is 0 Å². The number of aliphatic hydroxyl groups excluding tert-OH is 1. The minimum Gasteiger partial charge on any atom is -0.487 e. The Morgan fingerprint density at radius 3 is 2.70 bits per heavy atom. The molecule has 0 atom stereocenters. The van der Waals surface area contributed by atoms with Crippen molar-refractivity contribution in [2.45, 2.75) is 26.6 Å². The fourth-order valence-corrected chi connectivity index (χ4v) is 1.78. The summed E-state index contributed by atoms with van der Waals surface area (Å²) in [7, 11) is 0. The summed E-state index contributed by atoms with van der Waals surface area (Å²) in [6.07, 6.45) is 2.87. The van der Waals surface area contributed by atoms with Crippen molar-refractivity contribution in [3.05, 3.63) is 53.9 Å². The molecule has 1 aromatic heterocycles. The van der Waals surface area contributed by atoms with Crippen molar-refractivity contribution in [3.8, 4) is 5.75 Å². The standard InChI is InChI=1S/C16H20N2O2/c1-2-8-17-14-7-9-18-15(10-14)12-20-16-5-3-13(11-19)4-6-16/h3-7,9-10,19H,2,8,11-12H2,1H3,(H,17,18). The maximum Gasteiger partial charge on any atom is 0.130 e. The molecule has 0 amide bonds. The highest BCUT2D eigenvalue weighted by atomic mass is 16.5. The van der Waals surface area contributed by atoms with E-state index >= 15 is 0 Å². The van der Waals surface area contributed by atoms with Gasteiger partial charge in [0.15, 0.2) is 0 Å². The second-order valence-electron chi connectivity index (χ2n) is 4.55. The van der Waals surface area contributed by atoms with Crippen LogP contribution in [0.1, 0.15) is 24.6 Å². The third-order valence-electron chi connectivity index (χ3n) is 2.89. The van der Waals surface area contributed by atoms with E-state index in [1.165, 1.54) is 0 Å². The molecule has 0 aliphatic heterocycles. The molecule has 0 aliphatic rings. The number of rotatable bonds is 7. The van der Waals surface area contributed by atoms with Crippen molar-refractivity contribution in [2.24, 2.45) is 0 Å². The number of pyridine rings is 1. The van der Waals surface area contributed by atoms with Gasteiger partial charge in [-0.05, 0) is 36.2 Å². The van der Waals surface area contributed by atoms with Gasteiger partial charge < -0.3 is 15.2 Å². The van der Waals surface area contributed by atoms with Gasteiger partial charge in [-0.1, -0.05) is 19.1 Å². The molecule has 106 valence electrons. The predicted molar refractivity (Wildman–Crippen MR) is 79.7 cm³/mol. The molecule has 0 radical (unpaired) electrons. The van der Waals surface area contributed by atoms with E-state index in [0.29, 0.717) is 6.61 Å². The number of anilines is 1. The van der Waals surface area contributed by atoms with Crippen LogP contribution in [0.3, 0.4) is 0 Å². The average Bonchev–Trinajstić information content (AvgIpc) is 2.52. The van der Waals surface area contributed by atoms with Crippen LogP contribution < -0.4 is 10.1 Å². The number of nitrogens with one attached hydrogen (secondary N) is 1. The first kappa shape index (κ1) is 14.3. The van der Waals surface area contributed by atoms with Gasteiger partial charge in [0.1, 0.15) is 12.4 Å². The lowest BCUT2D eigenvalue weighted by Gasteiger charge is -2.08. The fraction of sp³-hybridized carbons (Fsp3) is 0.312. The first-order valence-corrected chi connectivity index (χ1v) is 6.83. The third kappa shape index (κ3) is 4.24. The number of hydrogen-bond acceptors (Lipinski definition) is 4. The molecule has 0 fully saturated rings. The summed E-state index contributed by atoms with van der Waals surface area (Å²) in [6.45, 7) is 3.56. The molecule has 0 spiro atoms. The van der Waals surface area contributed by atoms with E-state index in [4.69, 9.17) is 9.84 Å². The fourth-order valence-electron chi connectivity index (χ4n) is 1.78. The number of hydrogen-bond donors (Lipinski definition) is 2. The molecular formula is C16H20N2O2. The lowest BCUT2D eigenvalue weighted by atomic mass is 10.2. The van der Waals surface area contributed by atoms with Gasteiger partial charge in [-0.25, -0.2) is 0 Å². The van der Waals surface area contributed by atoms with E-state index in [1.54, 1.807) is 6.20 Å². The van der Waals surface area contributed by atoms with Crippen molar-refractivity contribution in [1.29, 1.82) is 0 Å². The number of nitrogens with zero attached hydrogens (tertiary/aromatic N) is 1. The highest BCUT2D eigenvalue weighted by Gasteiger charge is 1.99. The molecule has 4 heteroatoms. The molecule has 0 aliphatic carbocycles. The van der Waals surface area contributed by atoms with Crippen LogP contribution in [-0.2, 0) is 13.2 Å². The van der Waals surface area contributed by atoms with Crippen LogP contribution in [-0.4, -0.2) is 16.6 Å². The molecule has 1 aromatic carbocycles. The molecular weight excluding hydrogens is 252 g/mol.